The van der Waals surface area contributed by atoms with Crippen molar-refractivity contribution in [1.82, 2.24) is 20.1 Å². The van der Waals surface area contributed by atoms with Crippen LogP contribution >= 0.6 is 0 Å². The predicted octanol–water partition coefficient (Wildman–Crippen LogP) is 2.73. The first-order chi connectivity index (χ1) is 12.7. The van der Waals surface area contributed by atoms with Gasteiger partial charge >= 0.3 is 0 Å². The maximum Gasteiger partial charge on any atom is 0.223 e. The van der Waals surface area contributed by atoms with Crippen molar-refractivity contribution in [2.24, 2.45) is 13.0 Å². The van der Waals surface area contributed by atoms with Crippen molar-refractivity contribution in [3.8, 4) is 11.1 Å². The number of amides is 1. The lowest BCUT2D eigenvalue weighted by Gasteiger charge is -2.28. The van der Waals surface area contributed by atoms with E-state index in [-0.39, 0.29) is 17.9 Å². The van der Waals surface area contributed by atoms with Gasteiger partial charge in [-0.1, -0.05) is 12.1 Å². The Morgan fingerprint density at radius 2 is 2.15 bits per heavy atom. The summed E-state index contributed by atoms with van der Waals surface area (Å²) in [6.45, 7) is 1.03. The fourth-order valence-electron chi connectivity index (χ4n) is 3.65. The van der Waals surface area contributed by atoms with Crippen molar-refractivity contribution in [1.29, 1.82) is 0 Å². The number of hydrogen-bond donors (Lipinski definition) is 1. The van der Waals surface area contributed by atoms with Gasteiger partial charge in [-0.3, -0.25) is 14.5 Å². The van der Waals surface area contributed by atoms with Gasteiger partial charge in [-0.05, 0) is 30.0 Å². The molecule has 1 fully saturated rings. The number of nitrogens with zero attached hydrogens (tertiary/aromatic N) is 3. The highest BCUT2D eigenvalue weighted by Gasteiger charge is 2.33. The van der Waals surface area contributed by atoms with Crippen LogP contribution in [0.3, 0.4) is 0 Å². The van der Waals surface area contributed by atoms with E-state index in [2.05, 4.69) is 33.6 Å². The molecule has 1 amide bonds. The van der Waals surface area contributed by atoms with Crippen LogP contribution in [0.5, 0.6) is 0 Å². The average Bonchev–Trinajstić information content (AvgIpc) is 3.46. The minimum absolute atomic E-state index is 0.125. The number of pyridine rings is 1. The van der Waals surface area contributed by atoms with E-state index < -0.39 is 0 Å². The van der Waals surface area contributed by atoms with E-state index in [1.807, 2.05) is 30.3 Å². The fraction of sp³-hybridized carbons (Fsp3) is 0.350. The summed E-state index contributed by atoms with van der Waals surface area (Å²) in [6, 6.07) is 6.17. The van der Waals surface area contributed by atoms with Crippen molar-refractivity contribution in [2.45, 2.75) is 25.5 Å². The summed E-state index contributed by atoms with van der Waals surface area (Å²) >= 11 is 0. The number of fused-ring (bicyclic) bond motifs is 2. The number of carbonyl (C=O) groups is 1. The Morgan fingerprint density at radius 3 is 3.00 bits per heavy atom. The third-order valence-corrected chi connectivity index (χ3v) is 5.32. The molecule has 0 radical (unpaired) electrons. The van der Waals surface area contributed by atoms with Gasteiger partial charge in [0.1, 0.15) is 0 Å². The van der Waals surface area contributed by atoms with E-state index in [4.69, 9.17) is 4.74 Å². The van der Waals surface area contributed by atoms with E-state index in [0.717, 1.165) is 46.0 Å². The van der Waals surface area contributed by atoms with Gasteiger partial charge < -0.3 is 10.1 Å². The third-order valence-electron chi connectivity index (χ3n) is 5.32. The molecule has 6 nitrogen and oxygen atoms in total. The Bertz CT molecular complexity index is 1010. The Labute approximate surface area is 151 Å². The van der Waals surface area contributed by atoms with Crippen molar-refractivity contribution >= 4 is 16.8 Å². The molecule has 1 unspecified atom stereocenters. The topological polar surface area (TPSA) is 69.0 Å². The minimum atomic E-state index is -0.125. The van der Waals surface area contributed by atoms with Crippen molar-refractivity contribution in [3.63, 3.8) is 0 Å². The van der Waals surface area contributed by atoms with Gasteiger partial charge in [-0.25, -0.2) is 0 Å². The van der Waals surface area contributed by atoms with Gasteiger partial charge in [0.05, 0.1) is 31.0 Å². The number of nitrogens with one attached hydrogen (secondary N) is 1. The lowest BCUT2D eigenvalue weighted by molar-refractivity contribution is -0.123. The summed E-state index contributed by atoms with van der Waals surface area (Å²) in [5, 5.41) is 8.56. The van der Waals surface area contributed by atoms with E-state index in [0.29, 0.717) is 13.2 Å². The van der Waals surface area contributed by atoms with Crippen LogP contribution in [0.4, 0.5) is 0 Å². The summed E-state index contributed by atoms with van der Waals surface area (Å²) in [6.07, 6.45) is 7.60. The van der Waals surface area contributed by atoms with Crippen LogP contribution in [0.15, 0.2) is 36.8 Å². The molecule has 1 saturated carbocycles. The molecular formula is C20H20N4O2. The maximum absolute atomic E-state index is 12.2. The average molecular weight is 348 g/mol. The third kappa shape index (κ3) is 2.57. The second-order valence-corrected chi connectivity index (χ2v) is 7.15. The van der Waals surface area contributed by atoms with Gasteiger partial charge in [0, 0.05) is 41.9 Å². The molecule has 5 rings (SSSR count). The van der Waals surface area contributed by atoms with Gasteiger partial charge in [-0.15, -0.1) is 0 Å². The van der Waals surface area contributed by atoms with E-state index in [1.54, 1.807) is 0 Å². The van der Waals surface area contributed by atoms with Crippen LogP contribution in [-0.4, -0.2) is 27.3 Å². The fourth-order valence-corrected chi connectivity index (χ4v) is 3.65. The zero-order chi connectivity index (χ0) is 17.7. The van der Waals surface area contributed by atoms with Crippen LogP contribution < -0.4 is 5.32 Å². The number of rotatable bonds is 3. The summed E-state index contributed by atoms with van der Waals surface area (Å²) in [4.78, 5) is 16.6. The van der Waals surface area contributed by atoms with Gasteiger partial charge in [0.25, 0.3) is 0 Å². The summed E-state index contributed by atoms with van der Waals surface area (Å²) in [5.74, 6) is 0.317. The van der Waals surface area contributed by atoms with E-state index in [1.165, 1.54) is 0 Å². The summed E-state index contributed by atoms with van der Waals surface area (Å²) < 4.78 is 7.68. The first kappa shape index (κ1) is 15.5. The van der Waals surface area contributed by atoms with Crippen LogP contribution in [0.25, 0.3) is 22.0 Å². The molecule has 3 heterocycles. The second-order valence-electron chi connectivity index (χ2n) is 7.15. The Balaban J connectivity index is 1.55. The quantitative estimate of drug-likeness (QED) is 0.790. The molecule has 2 aliphatic rings. The first-order valence-electron chi connectivity index (χ1n) is 8.98. The molecule has 3 aromatic rings. The second kappa shape index (κ2) is 5.92. The van der Waals surface area contributed by atoms with Gasteiger partial charge in [-0.2, -0.15) is 5.10 Å². The van der Waals surface area contributed by atoms with Crippen molar-refractivity contribution in [2.75, 3.05) is 6.61 Å². The molecule has 26 heavy (non-hydrogen) atoms. The summed E-state index contributed by atoms with van der Waals surface area (Å²) in [5.41, 5.74) is 5.39. The number of aromatic nitrogens is 3. The zero-order valence-electron chi connectivity index (χ0n) is 14.6. The van der Waals surface area contributed by atoms with Crippen LogP contribution in [0.2, 0.25) is 0 Å². The summed E-state index contributed by atoms with van der Waals surface area (Å²) in [7, 11) is 1.94. The largest absolute Gasteiger partial charge is 0.374 e. The Hall–Kier alpha value is -2.73. The van der Waals surface area contributed by atoms with Crippen LogP contribution in [-0.2, 0) is 23.2 Å². The minimum Gasteiger partial charge on any atom is -0.374 e. The lowest BCUT2D eigenvalue weighted by Crippen LogP contribution is -2.35. The monoisotopic (exact) mass is 348 g/mol. The Morgan fingerprint density at radius 1 is 1.27 bits per heavy atom. The van der Waals surface area contributed by atoms with E-state index >= 15 is 0 Å². The van der Waals surface area contributed by atoms with Gasteiger partial charge in [0.15, 0.2) is 0 Å². The Kier molecular flexibility index (Phi) is 3.53. The molecule has 0 bridgehead atoms. The highest BCUT2D eigenvalue weighted by atomic mass is 16.5. The molecular weight excluding hydrogens is 328 g/mol. The molecule has 1 N–H and O–H groups in total. The molecule has 1 aliphatic carbocycles. The normalized spacial score (nSPS) is 19.3. The number of benzene rings is 1. The molecule has 1 aliphatic heterocycles. The maximum atomic E-state index is 12.2. The zero-order valence-corrected chi connectivity index (χ0v) is 14.6. The van der Waals surface area contributed by atoms with Crippen LogP contribution in [0, 0.1) is 5.92 Å². The molecule has 132 valence electrons. The molecule has 0 saturated heterocycles. The molecule has 2 aromatic heterocycles. The number of ether oxygens (including phenoxy) is 1. The number of hydrogen-bond acceptors (Lipinski definition) is 4. The van der Waals surface area contributed by atoms with Crippen molar-refractivity contribution < 1.29 is 9.53 Å². The first-order valence-corrected chi connectivity index (χ1v) is 8.98. The molecule has 1 aromatic carbocycles. The molecule has 0 spiro atoms. The van der Waals surface area contributed by atoms with Crippen LogP contribution in [0.1, 0.15) is 30.0 Å². The smallest absolute Gasteiger partial charge is 0.223 e. The SMILES string of the molecule is Cn1ncc2ccc(-c3cncc4c3COCC4NC(=O)C3CC3)cc21. The highest BCUT2D eigenvalue weighted by Crippen LogP contribution is 2.35. The van der Waals surface area contributed by atoms with E-state index in [9.17, 15) is 4.79 Å². The van der Waals surface area contributed by atoms with Gasteiger partial charge in [0.2, 0.25) is 5.91 Å². The number of carbonyl (C=O) groups excluding carboxylic acids is 1. The predicted molar refractivity (Wildman–Crippen MR) is 97.2 cm³/mol. The lowest BCUT2D eigenvalue weighted by atomic mass is 9.93. The molecule has 6 heteroatoms. The molecule has 1 atom stereocenters. The highest BCUT2D eigenvalue weighted by molar-refractivity contribution is 5.85. The standard InChI is InChI=1S/C20H20N4O2/c1-24-19-6-13(4-5-14(19)7-22-24)15-8-21-9-16-17(15)10-26-11-18(16)23-20(25)12-2-3-12/h4-9,12,18H,2-3,10-11H2,1H3,(H,23,25). The number of aryl methyl sites for hydroxylation is 1. The van der Waals surface area contributed by atoms with Crippen molar-refractivity contribution in [3.05, 3.63) is 47.9 Å².